The fourth-order valence-corrected chi connectivity index (χ4v) is 4.53. The quantitative estimate of drug-likeness (QED) is 0.636. The Labute approximate surface area is 155 Å². The maximum Gasteiger partial charge on any atom is 0.199 e. The van der Waals surface area contributed by atoms with E-state index in [0.29, 0.717) is 28.9 Å². The average molecular weight is 375 g/mol. The Morgan fingerprint density at radius 2 is 2.12 bits per heavy atom. The maximum atomic E-state index is 14.1. The Balaban J connectivity index is 1.66. The van der Waals surface area contributed by atoms with Gasteiger partial charge in [0.25, 0.3) is 0 Å². The highest BCUT2D eigenvalue weighted by Crippen LogP contribution is 2.33. The van der Waals surface area contributed by atoms with Crippen molar-refractivity contribution in [2.45, 2.75) is 26.1 Å². The van der Waals surface area contributed by atoms with Gasteiger partial charge < -0.3 is 4.57 Å². The molecule has 0 amide bonds. The molecule has 7 heteroatoms. The van der Waals surface area contributed by atoms with Gasteiger partial charge in [-0.3, -0.25) is 4.90 Å². The van der Waals surface area contributed by atoms with Gasteiger partial charge in [-0.1, -0.05) is 12.1 Å². The number of aromatic nitrogens is 3. The molecule has 1 aliphatic rings. The highest BCUT2D eigenvalue weighted by atomic mass is 32.1. The third-order valence-electron chi connectivity index (χ3n) is 4.88. The average Bonchev–Trinajstić information content (AvgIpc) is 3.19. The van der Waals surface area contributed by atoms with Crippen molar-refractivity contribution >= 4 is 23.6 Å². The van der Waals surface area contributed by atoms with Crippen LogP contribution in [-0.4, -0.2) is 25.8 Å². The van der Waals surface area contributed by atoms with Crippen molar-refractivity contribution < 1.29 is 4.39 Å². The molecule has 0 bridgehead atoms. The summed E-state index contributed by atoms with van der Waals surface area (Å²) in [5, 5.41) is 6.77. The van der Waals surface area contributed by atoms with Gasteiger partial charge in [0.15, 0.2) is 10.6 Å². The molecule has 0 spiro atoms. The lowest BCUT2D eigenvalue weighted by Crippen LogP contribution is -2.35. The lowest BCUT2D eigenvalue weighted by Gasteiger charge is -2.33. The number of nitrogens with zero attached hydrogens (tertiary/aromatic N) is 4. The minimum absolute atomic E-state index is 0.285. The number of hydrogen-bond acceptors (Lipinski definition) is 4. The van der Waals surface area contributed by atoms with E-state index in [4.69, 9.17) is 12.2 Å². The van der Waals surface area contributed by atoms with E-state index in [1.54, 1.807) is 21.4 Å². The SMILES string of the molecule is CC1c2ccsc2CCN1Cn1nc(-c2ccccc2F)n(C)c1=S. The second kappa shape index (κ2) is 6.48. The van der Waals surface area contributed by atoms with Crippen LogP contribution in [0.4, 0.5) is 4.39 Å². The van der Waals surface area contributed by atoms with Crippen molar-refractivity contribution in [2.75, 3.05) is 6.54 Å². The molecule has 0 N–H and O–H groups in total. The zero-order valence-corrected chi connectivity index (χ0v) is 15.8. The molecule has 0 saturated carbocycles. The number of halogens is 1. The molecule has 1 aromatic carbocycles. The maximum absolute atomic E-state index is 14.1. The molecule has 3 aromatic rings. The number of benzene rings is 1. The lowest BCUT2D eigenvalue weighted by atomic mass is 10.0. The van der Waals surface area contributed by atoms with Gasteiger partial charge in [0.1, 0.15) is 5.82 Å². The fourth-order valence-electron chi connectivity index (χ4n) is 3.38. The smallest absolute Gasteiger partial charge is 0.199 e. The normalized spacial score (nSPS) is 17.6. The third-order valence-corrected chi connectivity index (χ3v) is 6.36. The van der Waals surface area contributed by atoms with E-state index in [1.165, 1.54) is 16.5 Å². The largest absolute Gasteiger partial charge is 0.303 e. The molecule has 1 aliphatic heterocycles. The first-order chi connectivity index (χ1) is 12.1. The lowest BCUT2D eigenvalue weighted by molar-refractivity contribution is 0.144. The Morgan fingerprint density at radius 1 is 1.32 bits per heavy atom. The molecular formula is C18H19FN4S2. The van der Waals surface area contributed by atoms with Crippen LogP contribution in [0.5, 0.6) is 0 Å². The van der Waals surface area contributed by atoms with Crippen LogP contribution >= 0.6 is 23.6 Å². The predicted molar refractivity (Wildman–Crippen MR) is 101 cm³/mol. The first-order valence-electron chi connectivity index (χ1n) is 8.25. The Bertz CT molecular complexity index is 972. The van der Waals surface area contributed by atoms with E-state index in [9.17, 15) is 4.39 Å². The molecule has 0 fully saturated rings. The van der Waals surface area contributed by atoms with Gasteiger partial charge in [-0.2, -0.15) is 5.10 Å². The molecule has 3 heterocycles. The van der Waals surface area contributed by atoms with E-state index < -0.39 is 0 Å². The van der Waals surface area contributed by atoms with Crippen molar-refractivity contribution in [3.05, 3.63) is 56.7 Å². The zero-order chi connectivity index (χ0) is 17.6. The van der Waals surface area contributed by atoms with Crippen LogP contribution in [0.15, 0.2) is 35.7 Å². The van der Waals surface area contributed by atoms with E-state index in [0.717, 1.165) is 13.0 Å². The first kappa shape index (κ1) is 16.6. The molecule has 0 radical (unpaired) electrons. The summed E-state index contributed by atoms with van der Waals surface area (Å²) in [7, 11) is 1.84. The summed E-state index contributed by atoms with van der Waals surface area (Å²) >= 11 is 7.37. The number of hydrogen-bond donors (Lipinski definition) is 0. The van der Waals surface area contributed by atoms with E-state index in [-0.39, 0.29) is 5.82 Å². The Hall–Kier alpha value is -1.83. The summed E-state index contributed by atoms with van der Waals surface area (Å²) < 4.78 is 18.3. The van der Waals surface area contributed by atoms with Gasteiger partial charge in [-0.15, -0.1) is 11.3 Å². The van der Waals surface area contributed by atoms with Crippen LogP contribution in [0.1, 0.15) is 23.4 Å². The van der Waals surface area contributed by atoms with Crippen LogP contribution in [0.3, 0.4) is 0 Å². The van der Waals surface area contributed by atoms with Gasteiger partial charge in [0.05, 0.1) is 12.2 Å². The predicted octanol–water partition coefficient (Wildman–Crippen LogP) is 4.40. The summed E-state index contributed by atoms with van der Waals surface area (Å²) in [6.45, 7) is 3.80. The first-order valence-corrected chi connectivity index (χ1v) is 9.54. The molecule has 4 rings (SSSR count). The third kappa shape index (κ3) is 2.86. The van der Waals surface area contributed by atoms with E-state index in [1.807, 2.05) is 24.5 Å². The summed E-state index contributed by atoms with van der Waals surface area (Å²) in [5.74, 6) is 0.274. The summed E-state index contributed by atoms with van der Waals surface area (Å²) in [4.78, 5) is 3.84. The number of rotatable bonds is 3. The highest BCUT2D eigenvalue weighted by molar-refractivity contribution is 7.71. The molecule has 130 valence electrons. The summed E-state index contributed by atoms with van der Waals surface area (Å²) in [6.07, 6.45) is 1.05. The molecule has 25 heavy (non-hydrogen) atoms. The molecule has 1 atom stereocenters. The van der Waals surface area contributed by atoms with Crippen LogP contribution in [0.2, 0.25) is 0 Å². The van der Waals surface area contributed by atoms with Crippen molar-refractivity contribution in [1.82, 2.24) is 19.2 Å². The Morgan fingerprint density at radius 3 is 2.92 bits per heavy atom. The van der Waals surface area contributed by atoms with Gasteiger partial charge in [-0.05, 0) is 54.7 Å². The number of fused-ring (bicyclic) bond motifs is 1. The monoisotopic (exact) mass is 374 g/mol. The van der Waals surface area contributed by atoms with Crippen molar-refractivity contribution in [3.63, 3.8) is 0 Å². The second-order valence-electron chi connectivity index (χ2n) is 6.32. The number of thiophene rings is 1. The van der Waals surface area contributed by atoms with Crippen LogP contribution in [0.25, 0.3) is 11.4 Å². The van der Waals surface area contributed by atoms with Crippen LogP contribution in [0, 0.1) is 10.6 Å². The minimum Gasteiger partial charge on any atom is -0.303 e. The molecular weight excluding hydrogens is 355 g/mol. The summed E-state index contributed by atoms with van der Waals surface area (Å²) in [6, 6.07) is 9.21. The molecule has 0 aliphatic carbocycles. The Kier molecular flexibility index (Phi) is 4.31. The van der Waals surface area contributed by atoms with Gasteiger partial charge in [0.2, 0.25) is 0 Å². The van der Waals surface area contributed by atoms with E-state index >= 15 is 0 Å². The minimum atomic E-state index is -0.285. The molecule has 0 saturated heterocycles. The molecule has 4 nitrogen and oxygen atoms in total. The van der Waals surface area contributed by atoms with Crippen LogP contribution in [-0.2, 0) is 20.1 Å². The second-order valence-corrected chi connectivity index (χ2v) is 7.69. The van der Waals surface area contributed by atoms with Crippen molar-refractivity contribution in [2.24, 2.45) is 7.05 Å². The standard InChI is InChI=1S/C18H19FN4S2/c1-12-13-8-10-25-16(13)7-9-22(12)11-23-18(24)21(2)17(20-23)14-5-3-4-6-15(14)19/h3-6,8,10,12H,7,9,11H2,1-2H3. The van der Waals surface area contributed by atoms with Gasteiger partial charge >= 0.3 is 0 Å². The van der Waals surface area contributed by atoms with Gasteiger partial charge in [-0.25, -0.2) is 9.07 Å². The fraction of sp³-hybridized carbons (Fsp3) is 0.333. The van der Waals surface area contributed by atoms with Crippen molar-refractivity contribution in [3.8, 4) is 11.4 Å². The highest BCUT2D eigenvalue weighted by Gasteiger charge is 2.25. The van der Waals surface area contributed by atoms with Crippen molar-refractivity contribution in [1.29, 1.82) is 0 Å². The van der Waals surface area contributed by atoms with Crippen LogP contribution < -0.4 is 0 Å². The topological polar surface area (TPSA) is 26.0 Å². The van der Waals surface area contributed by atoms with Gasteiger partial charge in [0, 0.05) is 24.5 Å². The summed E-state index contributed by atoms with van der Waals surface area (Å²) in [5.41, 5.74) is 1.87. The molecule has 2 aromatic heterocycles. The van der Waals surface area contributed by atoms with E-state index in [2.05, 4.69) is 28.4 Å². The zero-order valence-electron chi connectivity index (χ0n) is 14.1. The molecule has 1 unspecified atom stereocenters.